The minimum atomic E-state index is -3.00. The SMILES string of the molecule is CS(=O)(=O)Cc1cc2ccc(CN)cc2[nH]1. The average molecular weight is 238 g/mol. The number of aromatic nitrogens is 1. The lowest BCUT2D eigenvalue weighted by molar-refractivity contribution is 0.600. The van der Waals surface area contributed by atoms with Crippen molar-refractivity contribution in [3.63, 3.8) is 0 Å². The summed E-state index contributed by atoms with van der Waals surface area (Å²) in [6, 6.07) is 7.69. The van der Waals surface area contributed by atoms with E-state index < -0.39 is 9.84 Å². The molecule has 2 rings (SSSR count). The molecule has 0 aliphatic heterocycles. The van der Waals surface area contributed by atoms with Gasteiger partial charge in [0.1, 0.15) is 0 Å². The van der Waals surface area contributed by atoms with Crippen LogP contribution in [0.4, 0.5) is 0 Å². The third-order valence-electron chi connectivity index (χ3n) is 2.40. The van der Waals surface area contributed by atoms with Crippen LogP contribution in [0.15, 0.2) is 24.3 Å². The summed E-state index contributed by atoms with van der Waals surface area (Å²) in [5.41, 5.74) is 8.21. The normalized spacial score (nSPS) is 12.1. The Balaban J connectivity index is 2.44. The summed E-state index contributed by atoms with van der Waals surface area (Å²) < 4.78 is 22.3. The van der Waals surface area contributed by atoms with Gasteiger partial charge in [0.05, 0.1) is 5.75 Å². The van der Waals surface area contributed by atoms with Gasteiger partial charge in [0.15, 0.2) is 9.84 Å². The molecule has 0 saturated heterocycles. The van der Waals surface area contributed by atoms with E-state index in [0.717, 1.165) is 16.5 Å². The van der Waals surface area contributed by atoms with Crippen LogP contribution >= 0.6 is 0 Å². The topological polar surface area (TPSA) is 75.9 Å². The number of rotatable bonds is 3. The van der Waals surface area contributed by atoms with Crippen LogP contribution in [0.5, 0.6) is 0 Å². The van der Waals surface area contributed by atoms with E-state index in [-0.39, 0.29) is 5.75 Å². The third-order valence-corrected chi connectivity index (χ3v) is 3.23. The highest BCUT2D eigenvalue weighted by Crippen LogP contribution is 2.18. The van der Waals surface area contributed by atoms with Gasteiger partial charge in [-0.1, -0.05) is 12.1 Å². The van der Waals surface area contributed by atoms with Crippen molar-refractivity contribution in [1.29, 1.82) is 0 Å². The molecule has 0 spiro atoms. The van der Waals surface area contributed by atoms with E-state index in [0.29, 0.717) is 12.2 Å². The van der Waals surface area contributed by atoms with Crippen molar-refractivity contribution in [1.82, 2.24) is 4.98 Å². The van der Waals surface area contributed by atoms with Crippen LogP contribution in [0.1, 0.15) is 11.3 Å². The summed E-state index contributed by atoms with van der Waals surface area (Å²) in [6.45, 7) is 0.483. The molecule has 0 aliphatic rings. The van der Waals surface area contributed by atoms with Gasteiger partial charge in [0.25, 0.3) is 0 Å². The number of hydrogen-bond acceptors (Lipinski definition) is 3. The maximum atomic E-state index is 11.2. The zero-order valence-electron chi connectivity index (χ0n) is 9.03. The molecule has 0 bridgehead atoms. The number of sulfone groups is 1. The lowest BCUT2D eigenvalue weighted by atomic mass is 10.2. The monoisotopic (exact) mass is 238 g/mol. The van der Waals surface area contributed by atoms with E-state index in [1.165, 1.54) is 6.26 Å². The summed E-state index contributed by atoms with van der Waals surface area (Å²) in [5, 5.41) is 1.01. The summed E-state index contributed by atoms with van der Waals surface area (Å²) in [5.74, 6) is 0.0413. The number of nitrogens with one attached hydrogen (secondary N) is 1. The molecular formula is C11H14N2O2S. The quantitative estimate of drug-likeness (QED) is 0.842. The molecule has 1 aromatic heterocycles. The molecule has 2 aromatic rings. The number of benzene rings is 1. The predicted octanol–water partition coefficient (Wildman–Crippen LogP) is 1.17. The Morgan fingerprint density at radius 3 is 2.69 bits per heavy atom. The summed E-state index contributed by atoms with van der Waals surface area (Å²) in [7, 11) is -3.00. The third kappa shape index (κ3) is 2.43. The second kappa shape index (κ2) is 3.92. The highest BCUT2D eigenvalue weighted by atomic mass is 32.2. The van der Waals surface area contributed by atoms with Gasteiger partial charge in [-0.2, -0.15) is 0 Å². The Morgan fingerprint density at radius 2 is 2.06 bits per heavy atom. The summed E-state index contributed by atoms with van der Waals surface area (Å²) in [6.07, 6.45) is 1.23. The molecule has 0 radical (unpaired) electrons. The molecule has 0 unspecified atom stereocenters. The molecule has 5 heteroatoms. The molecule has 0 fully saturated rings. The highest BCUT2D eigenvalue weighted by molar-refractivity contribution is 7.89. The molecular weight excluding hydrogens is 224 g/mol. The molecule has 0 saturated carbocycles. The predicted molar refractivity (Wildman–Crippen MR) is 64.7 cm³/mol. The number of H-pyrrole nitrogens is 1. The summed E-state index contributed by atoms with van der Waals surface area (Å²) >= 11 is 0. The first kappa shape index (κ1) is 11.2. The largest absolute Gasteiger partial charge is 0.358 e. The van der Waals surface area contributed by atoms with Crippen LogP contribution in [-0.4, -0.2) is 19.7 Å². The second-order valence-corrected chi connectivity index (χ2v) is 6.13. The molecule has 3 N–H and O–H groups in total. The Hall–Kier alpha value is -1.33. The van der Waals surface area contributed by atoms with Crippen LogP contribution in [0.25, 0.3) is 10.9 Å². The molecule has 0 aliphatic carbocycles. The van der Waals surface area contributed by atoms with Gasteiger partial charge in [0.2, 0.25) is 0 Å². The first-order chi connectivity index (χ1) is 7.48. The van der Waals surface area contributed by atoms with Gasteiger partial charge in [-0.3, -0.25) is 0 Å². The molecule has 0 amide bonds. The van der Waals surface area contributed by atoms with Crippen LogP contribution in [0.3, 0.4) is 0 Å². The second-order valence-electron chi connectivity index (χ2n) is 3.99. The minimum absolute atomic E-state index is 0.0413. The van der Waals surface area contributed by atoms with Crippen molar-refractivity contribution in [3.8, 4) is 0 Å². The molecule has 1 aromatic carbocycles. The molecule has 1 heterocycles. The fourth-order valence-electron chi connectivity index (χ4n) is 1.72. The van der Waals surface area contributed by atoms with Crippen LogP contribution in [0.2, 0.25) is 0 Å². The zero-order valence-corrected chi connectivity index (χ0v) is 9.84. The maximum absolute atomic E-state index is 11.2. The van der Waals surface area contributed by atoms with E-state index in [1.807, 2.05) is 24.3 Å². The van der Waals surface area contributed by atoms with E-state index in [9.17, 15) is 8.42 Å². The first-order valence-electron chi connectivity index (χ1n) is 4.96. The van der Waals surface area contributed by atoms with E-state index in [4.69, 9.17) is 5.73 Å². The fraction of sp³-hybridized carbons (Fsp3) is 0.273. The first-order valence-corrected chi connectivity index (χ1v) is 7.02. The van der Waals surface area contributed by atoms with E-state index in [2.05, 4.69) is 4.98 Å². The fourth-order valence-corrected chi connectivity index (χ4v) is 2.44. The average Bonchev–Trinajstić information content (AvgIpc) is 2.55. The number of fused-ring (bicyclic) bond motifs is 1. The van der Waals surface area contributed by atoms with Crippen LogP contribution in [0, 0.1) is 0 Å². The van der Waals surface area contributed by atoms with Gasteiger partial charge in [-0.05, 0) is 23.1 Å². The molecule has 86 valence electrons. The van der Waals surface area contributed by atoms with Gasteiger partial charge >= 0.3 is 0 Å². The summed E-state index contributed by atoms with van der Waals surface area (Å²) in [4.78, 5) is 3.09. The smallest absolute Gasteiger partial charge is 0.153 e. The molecule has 4 nitrogen and oxygen atoms in total. The van der Waals surface area contributed by atoms with Crippen LogP contribution in [-0.2, 0) is 22.1 Å². The number of hydrogen-bond donors (Lipinski definition) is 2. The Morgan fingerprint density at radius 1 is 1.31 bits per heavy atom. The van der Waals surface area contributed by atoms with E-state index in [1.54, 1.807) is 0 Å². The molecule has 16 heavy (non-hydrogen) atoms. The molecule has 0 atom stereocenters. The Bertz CT molecular complexity index is 614. The van der Waals surface area contributed by atoms with Crippen LogP contribution < -0.4 is 5.73 Å². The van der Waals surface area contributed by atoms with Gasteiger partial charge in [-0.15, -0.1) is 0 Å². The van der Waals surface area contributed by atoms with Crippen molar-refractivity contribution in [2.45, 2.75) is 12.3 Å². The van der Waals surface area contributed by atoms with Crippen molar-refractivity contribution in [3.05, 3.63) is 35.5 Å². The van der Waals surface area contributed by atoms with Crippen molar-refractivity contribution < 1.29 is 8.42 Å². The Labute approximate surface area is 94.4 Å². The zero-order chi connectivity index (χ0) is 11.8. The number of nitrogens with two attached hydrogens (primary N) is 1. The van der Waals surface area contributed by atoms with Gasteiger partial charge in [0, 0.05) is 24.0 Å². The van der Waals surface area contributed by atoms with E-state index >= 15 is 0 Å². The highest BCUT2D eigenvalue weighted by Gasteiger charge is 2.07. The number of aromatic amines is 1. The maximum Gasteiger partial charge on any atom is 0.153 e. The van der Waals surface area contributed by atoms with Gasteiger partial charge in [-0.25, -0.2) is 8.42 Å². The van der Waals surface area contributed by atoms with Crippen molar-refractivity contribution in [2.24, 2.45) is 5.73 Å². The Kier molecular flexibility index (Phi) is 2.73. The lowest BCUT2D eigenvalue weighted by Crippen LogP contribution is -2.00. The standard InChI is InChI=1S/C11H14N2O2S/c1-16(14,15)7-10-5-9-3-2-8(6-12)4-11(9)13-10/h2-5,13H,6-7,12H2,1H3. The van der Waals surface area contributed by atoms with Crippen molar-refractivity contribution in [2.75, 3.05) is 6.26 Å². The van der Waals surface area contributed by atoms with Crippen molar-refractivity contribution >= 4 is 20.7 Å². The minimum Gasteiger partial charge on any atom is -0.358 e. The van der Waals surface area contributed by atoms with Gasteiger partial charge < -0.3 is 10.7 Å². The lowest BCUT2D eigenvalue weighted by Gasteiger charge is -1.95.